The van der Waals surface area contributed by atoms with Gasteiger partial charge >= 0.3 is 0 Å². The first-order valence-corrected chi connectivity index (χ1v) is 9.73. The highest BCUT2D eigenvalue weighted by Crippen LogP contribution is 2.41. The number of carbonyl (C=O) groups is 1. The molecule has 0 bridgehead atoms. The van der Waals surface area contributed by atoms with Crippen LogP contribution in [0.2, 0.25) is 0 Å². The quantitative estimate of drug-likeness (QED) is 0.903. The molecule has 0 unspecified atom stereocenters. The number of rotatable bonds is 4. The summed E-state index contributed by atoms with van der Waals surface area (Å²) in [6.07, 6.45) is 3.08. The van der Waals surface area contributed by atoms with Crippen LogP contribution in [-0.4, -0.2) is 42.2 Å². The fraction of sp³-hybridized carbons (Fsp3) is 0.455. The van der Waals surface area contributed by atoms with Gasteiger partial charge in [-0.05, 0) is 44.9 Å². The molecule has 4 atom stereocenters. The first kappa shape index (κ1) is 18.0. The number of hydrogen-bond donors (Lipinski definition) is 1. The number of anilines is 1. The van der Waals surface area contributed by atoms with Gasteiger partial charge in [0.2, 0.25) is 0 Å². The predicted octanol–water partition coefficient (Wildman–Crippen LogP) is 3.29. The van der Waals surface area contributed by atoms with Crippen molar-refractivity contribution < 1.29 is 9.53 Å². The van der Waals surface area contributed by atoms with Crippen LogP contribution in [-0.2, 0) is 4.74 Å². The van der Waals surface area contributed by atoms with Gasteiger partial charge in [0.05, 0.1) is 12.2 Å². The van der Waals surface area contributed by atoms with Gasteiger partial charge in [-0.25, -0.2) is 0 Å². The zero-order valence-corrected chi connectivity index (χ0v) is 16.2. The van der Waals surface area contributed by atoms with Crippen LogP contribution in [0.3, 0.4) is 0 Å². The topological polar surface area (TPSA) is 54.5 Å². The number of benzene rings is 1. The van der Waals surface area contributed by atoms with E-state index in [-0.39, 0.29) is 24.2 Å². The van der Waals surface area contributed by atoms with Gasteiger partial charge in [0.25, 0.3) is 5.91 Å². The highest BCUT2D eigenvalue weighted by molar-refractivity contribution is 5.93. The number of carbonyl (C=O) groups excluding carboxylic acids is 1. The van der Waals surface area contributed by atoms with Crippen molar-refractivity contribution in [3.8, 4) is 0 Å². The number of morpholine rings is 1. The smallest absolute Gasteiger partial charge is 0.270 e. The number of aromatic nitrogens is 1. The Kier molecular flexibility index (Phi) is 4.87. The Hall–Kier alpha value is -2.40. The third-order valence-corrected chi connectivity index (χ3v) is 5.34. The van der Waals surface area contributed by atoms with Crippen LogP contribution in [0.15, 0.2) is 42.6 Å². The van der Waals surface area contributed by atoms with E-state index < -0.39 is 0 Å². The molecule has 1 aromatic carbocycles. The molecule has 1 aliphatic heterocycles. The summed E-state index contributed by atoms with van der Waals surface area (Å²) < 4.78 is 5.80. The number of pyridine rings is 1. The maximum atomic E-state index is 12.7. The summed E-state index contributed by atoms with van der Waals surface area (Å²) in [6.45, 7) is 7.91. The summed E-state index contributed by atoms with van der Waals surface area (Å²) in [6, 6.07) is 12.6. The van der Waals surface area contributed by atoms with E-state index in [1.807, 2.05) is 12.1 Å². The second-order valence-electron chi connectivity index (χ2n) is 7.90. The molecule has 142 valence electrons. The van der Waals surface area contributed by atoms with Gasteiger partial charge in [-0.3, -0.25) is 9.78 Å². The summed E-state index contributed by atoms with van der Waals surface area (Å²) in [5, 5.41) is 3.14. The first-order chi connectivity index (χ1) is 13.0. The van der Waals surface area contributed by atoms with Gasteiger partial charge in [-0.15, -0.1) is 0 Å². The van der Waals surface area contributed by atoms with E-state index in [0.717, 1.165) is 25.2 Å². The van der Waals surface area contributed by atoms with Crippen molar-refractivity contribution in [1.29, 1.82) is 0 Å². The van der Waals surface area contributed by atoms with Crippen molar-refractivity contribution in [2.75, 3.05) is 18.0 Å². The number of nitrogens with one attached hydrogen (secondary N) is 1. The van der Waals surface area contributed by atoms with E-state index in [2.05, 4.69) is 60.2 Å². The standard InChI is InChI=1S/C22H27N3O2/c1-14-5-4-6-17(9-14)19-11-20(19)24-22(26)21-10-18(7-8-23-21)25-12-15(2)27-16(3)13-25/h4-10,15-16,19-20H,11-13H2,1-3H3,(H,24,26)/t15-,16+,19-,20+/m0/s1. The van der Waals surface area contributed by atoms with Gasteiger partial charge in [0.15, 0.2) is 0 Å². The van der Waals surface area contributed by atoms with Gasteiger partial charge < -0.3 is 15.0 Å². The molecule has 2 heterocycles. The van der Waals surface area contributed by atoms with Crippen LogP contribution in [0, 0.1) is 6.92 Å². The molecule has 27 heavy (non-hydrogen) atoms. The molecule has 0 spiro atoms. The van der Waals surface area contributed by atoms with E-state index in [0.29, 0.717) is 11.6 Å². The second-order valence-corrected chi connectivity index (χ2v) is 7.90. The van der Waals surface area contributed by atoms with Crippen molar-refractivity contribution in [2.24, 2.45) is 0 Å². The highest BCUT2D eigenvalue weighted by atomic mass is 16.5. The second kappa shape index (κ2) is 7.31. The van der Waals surface area contributed by atoms with Crippen LogP contribution >= 0.6 is 0 Å². The number of amides is 1. The van der Waals surface area contributed by atoms with Gasteiger partial charge in [0, 0.05) is 36.9 Å². The predicted molar refractivity (Wildman–Crippen MR) is 106 cm³/mol. The lowest BCUT2D eigenvalue weighted by Gasteiger charge is -2.36. The lowest BCUT2D eigenvalue weighted by molar-refractivity contribution is -0.00522. The average Bonchev–Trinajstić information content (AvgIpc) is 3.40. The van der Waals surface area contributed by atoms with Crippen molar-refractivity contribution in [1.82, 2.24) is 10.3 Å². The Morgan fingerprint density at radius 2 is 1.96 bits per heavy atom. The number of nitrogens with zero attached hydrogens (tertiary/aromatic N) is 2. The Morgan fingerprint density at radius 1 is 1.19 bits per heavy atom. The van der Waals surface area contributed by atoms with Crippen LogP contribution in [0.4, 0.5) is 5.69 Å². The first-order valence-electron chi connectivity index (χ1n) is 9.73. The molecule has 2 fully saturated rings. The van der Waals surface area contributed by atoms with Crippen molar-refractivity contribution >= 4 is 11.6 Å². The van der Waals surface area contributed by atoms with E-state index in [4.69, 9.17) is 4.74 Å². The summed E-state index contributed by atoms with van der Waals surface area (Å²) in [4.78, 5) is 19.2. The van der Waals surface area contributed by atoms with Gasteiger partial charge in [-0.1, -0.05) is 29.8 Å². The fourth-order valence-electron chi connectivity index (χ4n) is 3.99. The number of ether oxygens (including phenoxy) is 1. The monoisotopic (exact) mass is 365 g/mol. The molecule has 5 nitrogen and oxygen atoms in total. The molecule has 1 N–H and O–H groups in total. The third kappa shape index (κ3) is 4.14. The lowest BCUT2D eigenvalue weighted by atomic mass is 10.1. The minimum Gasteiger partial charge on any atom is -0.372 e. The fourth-order valence-corrected chi connectivity index (χ4v) is 3.99. The maximum Gasteiger partial charge on any atom is 0.270 e. The molecule has 1 aromatic heterocycles. The molecule has 1 saturated heterocycles. The molecule has 5 heteroatoms. The molecular formula is C22H27N3O2. The van der Waals surface area contributed by atoms with Gasteiger partial charge in [0.1, 0.15) is 5.69 Å². The number of hydrogen-bond acceptors (Lipinski definition) is 4. The van der Waals surface area contributed by atoms with Crippen molar-refractivity contribution in [3.63, 3.8) is 0 Å². The minimum atomic E-state index is -0.0913. The average molecular weight is 365 g/mol. The molecule has 1 saturated carbocycles. The van der Waals surface area contributed by atoms with E-state index >= 15 is 0 Å². The SMILES string of the molecule is Cc1cccc([C@@H]2C[C@H]2NC(=O)c2cc(N3C[C@@H](C)O[C@@H](C)C3)ccn2)c1. The van der Waals surface area contributed by atoms with E-state index in [1.54, 1.807) is 6.20 Å². The summed E-state index contributed by atoms with van der Waals surface area (Å²) in [7, 11) is 0. The molecule has 0 radical (unpaired) electrons. The highest BCUT2D eigenvalue weighted by Gasteiger charge is 2.39. The largest absolute Gasteiger partial charge is 0.372 e. The van der Waals surface area contributed by atoms with E-state index in [1.165, 1.54) is 11.1 Å². The Labute approximate surface area is 160 Å². The molecule has 2 aromatic rings. The Bertz CT molecular complexity index is 828. The summed E-state index contributed by atoms with van der Waals surface area (Å²) in [5.74, 6) is 0.323. The summed E-state index contributed by atoms with van der Waals surface area (Å²) >= 11 is 0. The lowest BCUT2D eigenvalue weighted by Crippen LogP contribution is -2.45. The normalized spacial score (nSPS) is 27.3. The van der Waals surface area contributed by atoms with Crippen molar-refractivity contribution in [2.45, 2.75) is 51.4 Å². The van der Waals surface area contributed by atoms with Crippen molar-refractivity contribution in [3.05, 3.63) is 59.4 Å². The molecule has 2 aliphatic rings. The third-order valence-electron chi connectivity index (χ3n) is 5.34. The zero-order valence-electron chi connectivity index (χ0n) is 16.2. The molecule has 1 aliphatic carbocycles. The van der Waals surface area contributed by atoms with E-state index in [9.17, 15) is 4.79 Å². The number of aryl methyl sites for hydroxylation is 1. The molecule has 1 amide bonds. The van der Waals surface area contributed by atoms with Crippen LogP contribution in [0.1, 0.15) is 47.8 Å². The van der Waals surface area contributed by atoms with Crippen LogP contribution in [0.5, 0.6) is 0 Å². The molecular weight excluding hydrogens is 338 g/mol. The van der Waals surface area contributed by atoms with Crippen LogP contribution < -0.4 is 10.2 Å². The molecule has 4 rings (SSSR count). The summed E-state index contributed by atoms with van der Waals surface area (Å²) in [5.41, 5.74) is 4.07. The van der Waals surface area contributed by atoms with Crippen LogP contribution in [0.25, 0.3) is 0 Å². The Morgan fingerprint density at radius 3 is 2.70 bits per heavy atom. The van der Waals surface area contributed by atoms with Gasteiger partial charge in [-0.2, -0.15) is 0 Å². The Balaban J connectivity index is 1.41. The zero-order chi connectivity index (χ0) is 19.0. The maximum absolute atomic E-state index is 12.7. The minimum absolute atomic E-state index is 0.0913.